The van der Waals surface area contributed by atoms with Crippen LogP contribution in [0, 0.1) is 11.6 Å². The fourth-order valence-corrected chi connectivity index (χ4v) is 2.92. The van der Waals surface area contributed by atoms with Crippen molar-refractivity contribution in [1.29, 1.82) is 0 Å². The molecule has 2 rings (SSSR count). The molecule has 0 spiro atoms. The van der Waals surface area contributed by atoms with Gasteiger partial charge in [0.25, 0.3) is 0 Å². The summed E-state index contributed by atoms with van der Waals surface area (Å²) >= 11 is 0. The second-order valence-electron chi connectivity index (χ2n) is 6.18. The van der Waals surface area contributed by atoms with E-state index in [1.807, 2.05) is 0 Å². The molecule has 7 heteroatoms. The highest BCUT2D eigenvalue weighted by molar-refractivity contribution is 5.78. The molecule has 1 aliphatic heterocycles. The van der Waals surface area contributed by atoms with Crippen molar-refractivity contribution in [2.45, 2.75) is 31.4 Å². The topological polar surface area (TPSA) is 61.8 Å². The van der Waals surface area contributed by atoms with Gasteiger partial charge in [-0.2, -0.15) is 0 Å². The quantitative estimate of drug-likeness (QED) is 0.779. The van der Waals surface area contributed by atoms with Gasteiger partial charge in [-0.15, -0.1) is 0 Å². The number of carbonyl (C=O) groups is 1. The summed E-state index contributed by atoms with van der Waals surface area (Å²) in [6, 6.07) is 3.56. The minimum atomic E-state index is -0.941. The van der Waals surface area contributed by atoms with Crippen molar-refractivity contribution in [3.63, 3.8) is 0 Å². The van der Waals surface area contributed by atoms with Crippen LogP contribution in [0.3, 0.4) is 0 Å². The third kappa shape index (κ3) is 5.81. The SMILES string of the molecule is COCC(O)CN1CCC(NC(=O)Cc2ccc(F)c(F)c2)CC1. The highest BCUT2D eigenvalue weighted by Gasteiger charge is 2.22. The zero-order chi connectivity index (χ0) is 17.5. The minimum absolute atomic E-state index is 0.0317. The van der Waals surface area contributed by atoms with E-state index in [1.165, 1.54) is 6.07 Å². The number of likely N-dealkylation sites (tertiary alicyclic amines) is 1. The lowest BCUT2D eigenvalue weighted by molar-refractivity contribution is -0.121. The number of hydrogen-bond donors (Lipinski definition) is 2. The van der Waals surface area contributed by atoms with E-state index in [1.54, 1.807) is 7.11 Å². The van der Waals surface area contributed by atoms with Gasteiger partial charge in [0.15, 0.2) is 11.6 Å². The Morgan fingerprint density at radius 2 is 2.08 bits per heavy atom. The van der Waals surface area contributed by atoms with Crippen LogP contribution in [-0.4, -0.2) is 61.4 Å². The number of ether oxygens (including phenoxy) is 1. The van der Waals surface area contributed by atoms with Crippen molar-refractivity contribution < 1.29 is 23.4 Å². The molecule has 0 aliphatic carbocycles. The summed E-state index contributed by atoms with van der Waals surface area (Å²) in [5, 5.41) is 12.7. The number of nitrogens with one attached hydrogen (secondary N) is 1. The lowest BCUT2D eigenvalue weighted by Gasteiger charge is -2.33. The van der Waals surface area contributed by atoms with E-state index >= 15 is 0 Å². The smallest absolute Gasteiger partial charge is 0.224 e. The van der Waals surface area contributed by atoms with Crippen molar-refractivity contribution in [2.75, 3.05) is 33.4 Å². The average molecular weight is 342 g/mol. The summed E-state index contributed by atoms with van der Waals surface area (Å²) in [6.45, 7) is 2.45. The lowest BCUT2D eigenvalue weighted by Crippen LogP contribution is -2.47. The van der Waals surface area contributed by atoms with Gasteiger partial charge < -0.3 is 20.1 Å². The van der Waals surface area contributed by atoms with E-state index in [0.29, 0.717) is 18.7 Å². The van der Waals surface area contributed by atoms with Crippen LogP contribution >= 0.6 is 0 Å². The van der Waals surface area contributed by atoms with Gasteiger partial charge in [0.1, 0.15) is 0 Å². The monoisotopic (exact) mass is 342 g/mol. The largest absolute Gasteiger partial charge is 0.389 e. The second-order valence-corrected chi connectivity index (χ2v) is 6.18. The van der Waals surface area contributed by atoms with Crippen LogP contribution in [0.1, 0.15) is 18.4 Å². The number of hydrogen-bond acceptors (Lipinski definition) is 4. The van der Waals surface area contributed by atoms with E-state index in [-0.39, 0.29) is 18.4 Å². The maximum Gasteiger partial charge on any atom is 0.224 e. The normalized spacial score (nSPS) is 17.7. The molecule has 0 saturated carbocycles. The molecular formula is C17H24F2N2O3. The number of amides is 1. The van der Waals surface area contributed by atoms with Crippen molar-refractivity contribution in [2.24, 2.45) is 0 Å². The van der Waals surface area contributed by atoms with Gasteiger partial charge in [0, 0.05) is 32.8 Å². The Balaban J connectivity index is 1.73. The lowest BCUT2D eigenvalue weighted by atomic mass is 10.0. The molecule has 1 fully saturated rings. The third-order valence-corrected chi connectivity index (χ3v) is 4.13. The van der Waals surface area contributed by atoms with Gasteiger partial charge in [-0.25, -0.2) is 8.78 Å². The Morgan fingerprint density at radius 3 is 2.71 bits per heavy atom. The van der Waals surface area contributed by atoms with Gasteiger partial charge in [-0.05, 0) is 30.5 Å². The second kappa shape index (κ2) is 9.05. The summed E-state index contributed by atoms with van der Waals surface area (Å²) in [6.07, 6.45) is 1.12. The zero-order valence-corrected chi connectivity index (χ0v) is 13.8. The van der Waals surface area contributed by atoms with E-state index in [0.717, 1.165) is 38.1 Å². The summed E-state index contributed by atoms with van der Waals surface area (Å²) in [7, 11) is 1.55. The Morgan fingerprint density at radius 1 is 1.38 bits per heavy atom. The third-order valence-electron chi connectivity index (χ3n) is 4.13. The fraction of sp³-hybridized carbons (Fsp3) is 0.588. The number of aliphatic hydroxyl groups excluding tert-OH is 1. The fourth-order valence-electron chi connectivity index (χ4n) is 2.92. The van der Waals surface area contributed by atoms with E-state index in [4.69, 9.17) is 4.74 Å². The molecule has 0 radical (unpaired) electrons. The summed E-state index contributed by atoms with van der Waals surface area (Å²) in [5.74, 6) is -2.05. The minimum Gasteiger partial charge on any atom is -0.389 e. The summed E-state index contributed by atoms with van der Waals surface area (Å²) < 4.78 is 30.9. The Labute approximate surface area is 140 Å². The number of halogens is 2. The molecular weight excluding hydrogens is 318 g/mol. The number of benzene rings is 1. The molecule has 1 aromatic rings. The van der Waals surface area contributed by atoms with Crippen molar-refractivity contribution >= 4 is 5.91 Å². The van der Waals surface area contributed by atoms with Crippen LogP contribution in [0.4, 0.5) is 8.78 Å². The predicted octanol–water partition coefficient (Wildman–Crippen LogP) is 1.10. The van der Waals surface area contributed by atoms with Gasteiger partial charge >= 0.3 is 0 Å². The Kier molecular flexibility index (Phi) is 7.08. The molecule has 2 N–H and O–H groups in total. The van der Waals surface area contributed by atoms with Gasteiger partial charge in [0.05, 0.1) is 19.1 Å². The molecule has 1 atom stereocenters. The number of carbonyl (C=O) groups excluding carboxylic acids is 1. The zero-order valence-electron chi connectivity index (χ0n) is 13.8. The number of nitrogens with zero attached hydrogens (tertiary/aromatic N) is 1. The van der Waals surface area contributed by atoms with E-state index in [2.05, 4.69) is 10.2 Å². The molecule has 0 bridgehead atoms. The van der Waals surface area contributed by atoms with Crippen molar-refractivity contribution in [3.05, 3.63) is 35.4 Å². The van der Waals surface area contributed by atoms with Crippen molar-refractivity contribution in [1.82, 2.24) is 10.2 Å². The Bertz CT molecular complexity index is 549. The van der Waals surface area contributed by atoms with Gasteiger partial charge in [-0.1, -0.05) is 6.07 Å². The first-order valence-corrected chi connectivity index (χ1v) is 8.10. The maximum absolute atomic E-state index is 13.1. The summed E-state index contributed by atoms with van der Waals surface area (Å²) in [4.78, 5) is 14.2. The summed E-state index contributed by atoms with van der Waals surface area (Å²) in [5.41, 5.74) is 0.450. The first-order chi connectivity index (χ1) is 11.5. The number of rotatable bonds is 7. The first kappa shape index (κ1) is 18.8. The number of piperidine rings is 1. The maximum atomic E-state index is 13.1. The molecule has 1 unspecified atom stereocenters. The molecule has 0 aromatic heterocycles. The van der Waals surface area contributed by atoms with Gasteiger partial charge in [0.2, 0.25) is 5.91 Å². The van der Waals surface area contributed by atoms with Crippen LogP contribution in [0.2, 0.25) is 0 Å². The van der Waals surface area contributed by atoms with Crippen LogP contribution in [-0.2, 0) is 16.0 Å². The highest BCUT2D eigenvalue weighted by Crippen LogP contribution is 2.12. The molecule has 5 nitrogen and oxygen atoms in total. The molecule has 1 aliphatic rings. The molecule has 1 heterocycles. The van der Waals surface area contributed by atoms with Crippen molar-refractivity contribution in [3.8, 4) is 0 Å². The molecule has 1 aromatic carbocycles. The molecule has 134 valence electrons. The number of aliphatic hydroxyl groups is 1. The molecule has 1 saturated heterocycles. The van der Waals surface area contributed by atoms with Crippen LogP contribution < -0.4 is 5.32 Å². The van der Waals surface area contributed by atoms with Crippen LogP contribution in [0.5, 0.6) is 0 Å². The predicted molar refractivity (Wildman–Crippen MR) is 85.5 cm³/mol. The highest BCUT2D eigenvalue weighted by atomic mass is 19.2. The first-order valence-electron chi connectivity index (χ1n) is 8.10. The molecule has 24 heavy (non-hydrogen) atoms. The van der Waals surface area contributed by atoms with Gasteiger partial charge in [-0.3, -0.25) is 4.79 Å². The number of β-amino-alcohol motifs (C(OH)–C–C–N with tert-alkyl or cyclic N) is 1. The van der Waals surface area contributed by atoms with E-state index in [9.17, 15) is 18.7 Å². The van der Waals surface area contributed by atoms with E-state index < -0.39 is 17.7 Å². The van der Waals surface area contributed by atoms with Crippen LogP contribution in [0.25, 0.3) is 0 Å². The standard InChI is InChI=1S/C17H24F2N2O3/c1-24-11-14(22)10-21-6-4-13(5-7-21)20-17(23)9-12-2-3-15(18)16(19)8-12/h2-3,8,13-14,22H,4-7,9-11H2,1H3,(H,20,23). The average Bonchev–Trinajstić information content (AvgIpc) is 2.53. The van der Waals surface area contributed by atoms with Crippen LogP contribution in [0.15, 0.2) is 18.2 Å². The Hall–Kier alpha value is -1.57. The number of methoxy groups -OCH3 is 1. The molecule has 1 amide bonds.